The Balaban J connectivity index is 0. The quantitative estimate of drug-likeness (QED) is 0.531. The Labute approximate surface area is 119 Å². The zero-order chi connectivity index (χ0) is 11.3. The van der Waals surface area contributed by atoms with Crippen molar-refractivity contribution in [2.24, 2.45) is 0 Å². The summed E-state index contributed by atoms with van der Waals surface area (Å²) in [6.07, 6.45) is 0. The number of carbonyl (C=O) groups is 1. The van der Waals surface area contributed by atoms with Crippen molar-refractivity contribution in [2.75, 3.05) is 13.1 Å². The third-order valence-corrected chi connectivity index (χ3v) is 2.04. The topological polar surface area (TPSA) is 49.8 Å². The van der Waals surface area contributed by atoms with Crippen LogP contribution in [-0.4, -0.2) is 29.2 Å². The number of benzene rings is 1. The second-order valence-corrected chi connectivity index (χ2v) is 3.01. The Bertz CT molecular complexity index is 345. The van der Waals surface area contributed by atoms with Crippen LogP contribution >= 0.6 is 0 Å². The molecular weight excluding hydrogens is 217 g/mol. The van der Waals surface area contributed by atoms with Crippen molar-refractivity contribution < 1.29 is 45.7 Å². The van der Waals surface area contributed by atoms with Crippen molar-refractivity contribution in [2.45, 2.75) is 13.8 Å². The number of phenolic OH excluding ortho intramolecular Hbond substituents is 1. The molecule has 1 aromatic rings. The fourth-order valence-electron chi connectivity index (χ4n) is 1.17. The van der Waals surface area contributed by atoms with E-state index in [4.69, 9.17) is 4.84 Å². The second-order valence-electron chi connectivity index (χ2n) is 3.01. The molecule has 0 amide bonds. The molecule has 5 heteroatoms. The predicted molar refractivity (Wildman–Crippen MR) is 57.6 cm³/mol. The minimum atomic E-state index is -0.531. The van der Waals surface area contributed by atoms with E-state index >= 15 is 0 Å². The minimum absolute atomic E-state index is 0. The first-order valence-electron chi connectivity index (χ1n) is 4.94. The average Bonchev–Trinajstić information content (AvgIpc) is 2.26. The number of carbonyl (C=O) groups excluding carboxylic acids is 1. The van der Waals surface area contributed by atoms with Gasteiger partial charge < -0.3 is 11.4 Å². The molecule has 0 aliphatic heterocycles. The maximum Gasteiger partial charge on any atom is 1.00 e. The van der Waals surface area contributed by atoms with E-state index in [0.717, 1.165) is 0 Å². The Morgan fingerprint density at radius 3 is 2.44 bits per heavy atom. The Morgan fingerprint density at radius 1 is 1.38 bits per heavy atom. The smallest absolute Gasteiger partial charge is 1.00 e. The largest absolute Gasteiger partial charge is 1.00 e. The van der Waals surface area contributed by atoms with E-state index < -0.39 is 5.97 Å². The molecule has 1 aromatic carbocycles. The van der Waals surface area contributed by atoms with Gasteiger partial charge in [-0.25, -0.2) is 4.79 Å². The fraction of sp³-hybridized carbons (Fsp3) is 0.364. The van der Waals surface area contributed by atoms with E-state index in [1.54, 1.807) is 12.1 Å². The van der Waals surface area contributed by atoms with Gasteiger partial charge in [-0.3, -0.25) is 0 Å². The van der Waals surface area contributed by atoms with Gasteiger partial charge in [-0.15, -0.1) is 5.06 Å². The van der Waals surface area contributed by atoms with Crippen LogP contribution in [0.4, 0.5) is 0 Å². The van der Waals surface area contributed by atoms with Crippen LogP contribution in [0.15, 0.2) is 24.3 Å². The zero-order valence-electron chi connectivity index (χ0n) is 10.9. The van der Waals surface area contributed by atoms with Gasteiger partial charge in [0, 0.05) is 13.1 Å². The van der Waals surface area contributed by atoms with Crippen LogP contribution in [-0.2, 0) is 4.84 Å². The molecule has 0 fully saturated rings. The third kappa shape index (κ3) is 4.14. The zero-order valence-corrected chi connectivity index (χ0v) is 11.9. The maximum atomic E-state index is 11.6. The van der Waals surface area contributed by atoms with E-state index in [-0.39, 0.29) is 42.3 Å². The molecule has 0 spiro atoms. The van der Waals surface area contributed by atoms with Gasteiger partial charge >= 0.3 is 35.5 Å². The first kappa shape index (κ1) is 15.4. The molecule has 0 saturated carbocycles. The van der Waals surface area contributed by atoms with Crippen LogP contribution in [0.1, 0.15) is 25.6 Å². The molecule has 0 heterocycles. The SMILES string of the molecule is CCN(CC)OC(=O)c1ccccc1O.[H-].[Na+]. The minimum Gasteiger partial charge on any atom is -1.00 e. The van der Waals surface area contributed by atoms with Crippen LogP contribution in [0.25, 0.3) is 0 Å². The number of hydrogen-bond donors (Lipinski definition) is 1. The van der Waals surface area contributed by atoms with E-state index in [9.17, 15) is 9.90 Å². The van der Waals surface area contributed by atoms with Crippen LogP contribution in [0, 0.1) is 0 Å². The predicted octanol–water partition coefficient (Wildman–Crippen LogP) is -1.08. The molecule has 0 unspecified atom stereocenters. The van der Waals surface area contributed by atoms with Crippen molar-refractivity contribution in [1.29, 1.82) is 0 Å². The summed E-state index contributed by atoms with van der Waals surface area (Å²) >= 11 is 0. The monoisotopic (exact) mass is 233 g/mol. The van der Waals surface area contributed by atoms with Gasteiger partial charge in [-0.2, -0.15) is 0 Å². The van der Waals surface area contributed by atoms with Gasteiger partial charge in [0.25, 0.3) is 0 Å². The molecule has 0 bridgehead atoms. The number of hydrogen-bond acceptors (Lipinski definition) is 4. The Morgan fingerprint density at radius 2 is 1.94 bits per heavy atom. The Kier molecular flexibility index (Phi) is 7.42. The van der Waals surface area contributed by atoms with Crippen LogP contribution in [0.2, 0.25) is 0 Å². The van der Waals surface area contributed by atoms with Gasteiger partial charge in [0.1, 0.15) is 11.3 Å². The van der Waals surface area contributed by atoms with E-state index in [0.29, 0.717) is 13.1 Å². The van der Waals surface area contributed by atoms with Crippen molar-refractivity contribution in [3.05, 3.63) is 29.8 Å². The summed E-state index contributed by atoms with van der Waals surface area (Å²) in [5, 5.41) is 10.9. The first-order chi connectivity index (χ1) is 7.19. The summed E-state index contributed by atoms with van der Waals surface area (Å²) in [5.74, 6) is -0.591. The van der Waals surface area contributed by atoms with Gasteiger partial charge in [0.15, 0.2) is 0 Å². The molecule has 0 atom stereocenters. The van der Waals surface area contributed by atoms with Crippen molar-refractivity contribution in [1.82, 2.24) is 5.06 Å². The molecule has 0 saturated heterocycles. The van der Waals surface area contributed by atoms with Crippen LogP contribution < -0.4 is 29.6 Å². The summed E-state index contributed by atoms with van der Waals surface area (Å²) in [5.41, 5.74) is 0.185. The summed E-state index contributed by atoms with van der Waals surface area (Å²) in [7, 11) is 0. The normalized spacial score (nSPS) is 9.69. The molecule has 0 aromatic heterocycles. The summed E-state index contributed by atoms with van der Waals surface area (Å²) in [6, 6.07) is 6.32. The van der Waals surface area contributed by atoms with Crippen molar-refractivity contribution >= 4 is 5.97 Å². The molecular formula is C11H16NNaO3. The van der Waals surface area contributed by atoms with E-state index in [1.165, 1.54) is 17.2 Å². The molecule has 16 heavy (non-hydrogen) atoms. The number of para-hydroxylation sites is 1. The summed E-state index contributed by atoms with van der Waals surface area (Å²) in [6.45, 7) is 5.02. The molecule has 84 valence electrons. The maximum absolute atomic E-state index is 11.6. The second kappa shape index (κ2) is 7.68. The van der Waals surface area contributed by atoms with Crippen LogP contribution in [0.3, 0.4) is 0 Å². The molecule has 4 nitrogen and oxygen atoms in total. The number of hydroxylamine groups is 2. The molecule has 1 N–H and O–H groups in total. The van der Waals surface area contributed by atoms with Crippen molar-refractivity contribution in [3.63, 3.8) is 0 Å². The average molecular weight is 233 g/mol. The Hall–Kier alpha value is -0.550. The fourth-order valence-corrected chi connectivity index (χ4v) is 1.17. The number of rotatable bonds is 4. The van der Waals surface area contributed by atoms with Gasteiger partial charge in [0.05, 0.1) is 0 Å². The summed E-state index contributed by atoms with van der Waals surface area (Å²) in [4.78, 5) is 16.6. The molecule has 0 aliphatic rings. The van der Waals surface area contributed by atoms with E-state index in [2.05, 4.69) is 0 Å². The standard InChI is InChI=1S/C11H15NO3.Na.H/c1-3-12(4-2)15-11(14)9-7-5-6-8-10(9)13;;/h5-8,13H,3-4H2,1-2H3;;/q;+1;-1. The molecule has 0 aliphatic carbocycles. The first-order valence-corrected chi connectivity index (χ1v) is 4.94. The van der Waals surface area contributed by atoms with Crippen LogP contribution in [0.5, 0.6) is 5.75 Å². The third-order valence-electron chi connectivity index (χ3n) is 2.04. The van der Waals surface area contributed by atoms with E-state index in [1.807, 2.05) is 13.8 Å². The van der Waals surface area contributed by atoms with Gasteiger partial charge in [-0.1, -0.05) is 12.1 Å². The molecule has 0 radical (unpaired) electrons. The number of nitrogens with zero attached hydrogens (tertiary/aromatic N) is 1. The van der Waals surface area contributed by atoms with Crippen molar-refractivity contribution in [3.8, 4) is 5.75 Å². The number of aromatic hydroxyl groups is 1. The van der Waals surface area contributed by atoms with Gasteiger partial charge in [0.2, 0.25) is 0 Å². The molecule has 1 rings (SSSR count). The summed E-state index contributed by atoms with van der Waals surface area (Å²) < 4.78 is 0. The number of phenols is 1. The van der Waals surface area contributed by atoms with Gasteiger partial charge in [-0.05, 0) is 26.0 Å².